The number of nitrogens with zero attached hydrogens (tertiary/aromatic N) is 1. The van der Waals surface area contributed by atoms with E-state index < -0.39 is 6.10 Å². The summed E-state index contributed by atoms with van der Waals surface area (Å²) in [4.78, 5) is 2.56. The molecule has 0 aliphatic rings. The Kier molecular flexibility index (Phi) is 7.86. The molecule has 0 spiro atoms. The average Bonchev–Trinajstić information content (AvgIpc) is 2.13. The summed E-state index contributed by atoms with van der Waals surface area (Å²) >= 11 is 4.81. The highest BCUT2D eigenvalue weighted by molar-refractivity contribution is 7.80. The van der Waals surface area contributed by atoms with Crippen molar-refractivity contribution in [2.24, 2.45) is 11.7 Å². The zero-order valence-corrected chi connectivity index (χ0v) is 10.3. The van der Waals surface area contributed by atoms with Gasteiger partial charge in [-0.1, -0.05) is 26.1 Å². The number of hydrogen-bond donors (Lipinski definition) is 3. The molecule has 1 atom stereocenters. The smallest absolute Gasteiger partial charge is 0.0897 e. The second-order valence-corrected chi connectivity index (χ2v) is 4.73. The van der Waals surface area contributed by atoms with E-state index in [9.17, 15) is 5.11 Å². The maximum Gasteiger partial charge on any atom is 0.0897 e. The van der Waals surface area contributed by atoms with Crippen LogP contribution in [0.3, 0.4) is 0 Å². The Labute approximate surface area is 97.1 Å². The molecule has 1 unspecified atom stereocenters. The van der Waals surface area contributed by atoms with E-state index in [1.807, 2.05) is 0 Å². The number of aliphatic hydroxyl groups excluding tert-OH is 2. The quantitative estimate of drug-likeness (QED) is 0.515. The molecule has 0 saturated carbocycles. The van der Waals surface area contributed by atoms with Crippen LogP contribution in [-0.2, 0) is 0 Å². The van der Waals surface area contributed by atoms with Crippen LogP contribution in [0.2, 0.25) is 0 Å². The highest BCUT2D eigenvalue weighted by Gasteiger charge is 2.12. The second kappa shape index (κ2) is 7.98. The molecule has 0 aliphatic carbocycles. The first-order chi connectivity index (χ1) is 6.95. The van der Waals surface area contributed by atoms with Gasteiger partial charge in [-0.25, -0.2) is 0 Å². The lowest BCUT2D eigenvalue weighted by Crippen LogP contribution is -2.38. The first-order valence-corrected chi connectivity index (χ1v) is 5.66. The summed E-state index contributed by atoms with van der Waals surface area (Å²) in [7, 11) is 0. The van der Waals surface area contributed by atoms with Crippen molar-refractivity contribution < 1.29 is 10.2 Å². The SMILES string of the molecule is CC(C)CN(CCC(N)=S)CC(O)CO. The molecule has 5 heteroatoms. The summed E-state index contributed by atoms with van der Waals surface area (Å²) in [5, 5.41) is 18.1. The fourth-order valence-electron chi connectivity index (χ4n) is 1.40. The third-order valence-electron chi connectivity index (χ3n) is 1.98. The summed E-state index contributed by atoms with van der Waals surface area (Å²) in [6.45, 7) is 6.10. The third-order valence-corrected chi connectivity index (χ3v) is 2.18. The molecule has 4 N–H and O–H groups in total. The topological polar surface area (TPSA) is 69.7 Å². The number of rotatable bonds is 8. The molecular weight excluding hydrogens is 212 g/mol. The van der Waals surface area contributed by atoms with Crippen LogP contribution >= 0.6 is 12.2 Å². The largest absolute Gasteiger partial charge is 0.394 e. The van der Waals surface area contributed by atoms with E-state index in [2.05, 4.69) is 18.7 Å². The van der Waals surface area contributed by atoms with Crippen molar-refractivity contribution in [1.29, 1.82) is 0 Å². The van der Waals surface area contributed by atoms with Crippen molar-refractivity contribution in [1.82, 2.24) is 4.90 Å². The molecule has 0 bridgehead atoms. The Bertz CT molecular complexity index is 188. The molecule has 0 fully saturated rings. The molecule has 0 aromatic heterocycles. The van der Waals surface area contributed by atoms with Gasteiger partial charge in [-0.05, 0) is 5.92 Å². The zero-order valence-electron chi connectivity index (χ0n) is 9.52. The van der Waals surface area contributed by atoms with E-state index in [1.165, 1.54) is 0 Å². The van der Waals surface area contributed by atoms with E-state index in [0.29, 0.717) is 23.9 Å². The van der Waals surface area contributed by atoms with Crippen molar-refractivity contribution in [3.8, 4) is 0 Å². The molecule has 0 amide bonds. The van der Waals surface area contributed by atoms with Gasteiger partial charge < -0.3 is 20.8 Å². The molecule has 0 rings (SSSR count). The average molecular weight is 234 g/mol. The molecule has 15 heavy (non-hydrogen) atoms. The minimum atomic E-state index is -0.685. The number of nitrogens with two attached hydrogens (primary N) is 1. The predicted molar refractivity (Wildman–Crippen MR) is 65.8 cm³/mol. The lowest BCUT2D eigenvalue weighted by Gasteiger charge is -2.25. The van der Waals surface area contributed by atoms with Gasteiger partial charge in [0.1, 0.15) is 0 Å². The van der Waals surface area contributed by atoms with Gasteiger partial charge in [0.15, 0.2) is 0 Å². The van der Waals surface area contributed by atoms with Crippen molar-refractivity contribution in [3.63, 3.8) is 0 Å². The standard InChI is InChI=1S/C10H22N2O2S/c1-8(2)5-12(4-3-10(11)15)6-9(14)7-13/h8-9,13-14H,3-7H2,1-2H3,(H2,11,15). The first-order valence-electron chi connectivity index (χ1n) is 5.25. The molecule has 0 saturated heterocycles. The minimum Gasteiger partial charge on any atom is -0.394 e. The van der Waals surface area contributed by atoms with Gasteiger partial charge in [0.05, 0.1) is 17.7 Å². The fourth-order valence-corrected chi connectivity index (χ4v) is 1.49. The Balaban J connectivity index is 3.99. The highest BCUT2D eigenvalue weighted by atomic mass is 32.1. The van der Waals surface area contributed by atoms with E-state index in [4.69, 9.17) is 23.1 Å². The normalized spacial score (nSPS) is 13.5. The lowest BCUT2D eigenvalue weighted by atomic mass is 10.2. The Morgan fingerprint density at radius 2 is 2.00 bits per heavy atom. The fraction of sp³-hybridized carbons (Fsp3) is 0.900. The van der Waals surface area contributed by atoms with Crippen LogP contribution in [0.5, 0.6) is 0 Å². The van der Waals surface area contributed by atoms with Crippen LogP contribution in [0.25, 0.3) is 0 Å². The zero-order chi connectivity index (χ0) is 11.8. The summed E-state index contributed by atoms with van der Waals surface area (Å²) in [5.74, 6) is 0.516. The molecule has 0 aromatic rings. The van der Waals surface area contributed by atoms with Crippen molar-refractivity contribution in [2.45, 2.75) is 26.4 Å². The molecule has 90 valence electrons. The van der Waals surface area contributed by atoms with Gasteiger partial charge in [-0.15, -0.1) is 0 Å². The molecule has 4 nitrogen and oxygen atoms in total. The van der Waals surface area contributed by atoms with Crippen molar-refractivity contribution in [3.05, 3.63) is 0 Å². The minimum absolute atomic E-state index is 0.207. The van der Waals surface area contributed by atoms with Gasteiger partial charge in [0.2, 0.25) is 0 Å². The summed E-state index contributed by atoms with van der Waals surface area (Å²) < 4.78 is 0. The van der Waals surface area contributed by atoms with E-state index in [0.717, 1.165) is 13.1 Å². The number of aliphatic hydroxyl groups is 2. The molecule has 0 heterocycles. The Morgan fingerprint density at radius 1 is 1.40 bits per heavy atom. The van der Waals surface area contributed by atoms with Gasteiger partial charge in [0.25, 0.3) is 0 Å². The molecule has 0 radical (unpaired) electrons. The van der Waals surface area contributed by atoms with E-state index in [1.54, 1.807) is 0 Å². The van der Waals surface area contributed by atoms with Crippen molar-refractivity contribution in [2.75, 3.05) is 26.2 Å². The maximum atomic E-state index is 9.35. The third kappa shape index (κ3) is 8.74. The lowest BCUT2D eigenvalue weighted by molar-refractivity contribution is 0.0565. The first kappa shape index (κ1) is 14.8. The van der Waals surface area contributed by atoms with Crippen LogP contribution in [-0.4, -0.2) is 52.4 Å². The van der Waals surface area contributed by atoms with E-state index in [-0.39, 0.29) is 6.61 Å². The van der Waals surface area contributed by atoms with Crippen molar-refractivity contribution >= 4 is 17.2 Å². The summed E-state index contributed by atoms with van der Waals surface area (Å²) in [6.07, 6.45) is -0.0321. The van der Waals surface area contributed by atoms with Gasteiger partial charge in [-0.3, -0.25) is 0 Å². The Morgan fingerprint density at radius 3 is 2.40 bits per heavy atom. The predicted octanol–water partition coefficient (Wildman–Crippen LogP) is -0.0262. The maximum absolute atomic E-state index is 9.35. The van der Waals surface area contributed by atoms with Crippen LogP contribution in [0, 0.1) is 5.92 Å². The van der Waals surface area contributed by atoms with E-state index >= 15 is 0 Å². The van der Waals surface area contributed by atoms with Crippen LogP contribution < -0.4 is 5.73 Å². The number of hydrogen-bond acceptors (Lipinski definition) is 4. The van der Waals surface area contributed by atoms with Crippen LogP contribution in [0.15, 0.2) is 0 Å². The van der Waals surface area contributed by atoms with Gasteiger partial charge in [-0.2, -0.15) is 0 Å². The highest BCUT2D eigenvalue weighted by Crippen LogP contribution is 2.01. The second-order valence-electron chi connectivity index (χ2n) is 4.21. The van der Waals surface area contributed by atoms with Gasteiger partial charge >= 0.3 is 0 Å². The number of thiocarbonyl (C=S) groups is 1. The van der Waals surface area contributed by atoms with Gasteiger partial charge in [0, 0.05) is 26.1 Å². The summed E-state index contributed by atoms with van der Waals surface area (Å²) in [6, 6.07) is 0. The Hall–Kier alpha value is -0.230. The molecule has 0 aromatic carbocycles. The monoisotopic (exact) mass is 234 g/mol. The van der Waals surface area contributed by atoms with Crippen LogP contribution in [0.1, 0.15) is 20.3 Å². The molecular formula is C10H22N2O2S. The molecule has 0 aliphatic heterocycles. The summed E-state index contributed by atoms with van der Waals surface area (Å²) in [5.41, 5.74) is 5.43. The van der Waals surface area contributed by atoms with Crippen LogP contribution in [0.4, 0.5) is 0 Å².